The normalized spacial score (nSPS) is 17.7. The SMILES string of the molecule is Cc1ccc(/C=C/COC2CCCCC2)cc1. The van der Waals surface area contributed by atoms with Crippen LogP contribution in [0, 0.1) is 6.92 Å². The van der Waals surface area contributed by atoms with Gasteiger partial charge in [0.2, 0.25) is 0 Å². The summed E-state index contributed by atoms with van der Waals surface area (Å²) >= 11 is 0. The van der Waals surface area contributed by atoms with Crippen molar-refractivity contribution >= 4 is 6.08 Å². The summed E-state index contributed by atoms with van der Waals surface area (Å²) in [5, 5.41) is 0. The number of hydrogen-bond acceptors (Lipinski definition) is 1. The van der Waals surface area contributed by atoms with Gasteiger partial charge in [-0.3, -0.25) is 0 Å². The van der Waals surface area contributed by atoms with E-state index < -0.39 is 0 Å². The second-order valence-corrected chi connectivity index (χ2v) is 4.91. The predicted molar refractivity (Wildman–Crippen MR) is 73.0 cm³/mol. The van der Waals surface area contributed by atoms with Crippen molar-refractivity contribution in [1.82, 2.24) is 0 Å². The van der Waals surface area contributed by atoms with E-state index in [1.54, 1.807) is 0 Å². The summed E-state index contributed by atoms with van der Waals surface area (Å²) in [6.45, 7) is 2.86. The van der Waals surface area contributed by atoms with Gasteiger partial charge in [-0.2, -0.15) is 0 Å². The lowest BCUT2D eigenvalue weighted by Crippen LogP contribution is -2.16. The van der Waals surface area contributed by atoms with E-state index >= 15 is 0 Å². The number of rotatable bonds is 4. The fourth-order valence-electron chi connectivity index (χ4n) is 2.29. The molecule has 1 aromatic carbocycles. The predicted octanol–water partition coefficient (Wildman–Crippen LogP) is 4.36. The Morgan fingerprint density at radius 1 is 1.12 bits per heavy atom. The van der Waals surface area contributed by atoms with E-state index in [0.29, 0.717) is 6.10 Å². The monoisotopic (exact) mass is 230 g/mol. The summed E-state index contributed by atoms with van der Waals surface area (Å²) in [7, 11) is 0. The van der Waals surface area contributed by atoms with Crippen LogP contribution in [0.25, 0.3) is 6.08 Å². The number of benzene rings is 1. The molecule has 1 aliphatic rings. The van der Waals surface area contributed by atoms with Crippen LogP contribution < -0.4 is 0 Å². The first-order valence-electron chi connectivity index (χ1n) is 6.69. The summed E-state index contributed by atoms with van der Waals surface area (Å²) in [5.74, 6) is 0. The highest BCUT2D eigenvalue weighted by Gasteiger charge is 2.12. The van der Waals surface area contributed by atoms with Crippen LogP contribution in [0.5, 0.6) is 0 Å². The van der Waals surface area contributed by atoms with Crippen molar-refractivity contribution in [2.75, 3.05) is 6.61 Å². The van der Waals surface area contributed by atoms with E-state index in [4.69, 9.17) is 4.74 Å². The average Bonchev–Trinajstić information content (AvgIpc) is 2.38. The van der Waals surface area contributed by atoms with Crippen molar-refractivity contribution in [3.63, 3.8) is 0 Å². The zero-order chi connectivity index (χ0) is 11.9. The second kappa shape index (κ2) is 6.61. The molecule has 0 radical (unpaired) electrons. The molecule has 1 nitrogen and oxygen atoms in total. The van der Waals surface area contributed by atoms with Crippen LogP contribution in [-0.4, -0.2) is 12.7 Å². The van der Waals surface area contributed by atoms with Crippen LogP contribution in [-0.2, 0) is 4.74 Å². The van der Waals surface area contributed by atoms with Crippen LogP contribution in [0.15, 0.2) is 30.3 Å². The molecule has 0 aromatic heterocycles. The van der Waals surface area contributed by atoms with Gasteiger partial charge in [0.1, 0.15) is 0 Å². The van der Waals surface area contributed by atoms with Gasteiger partial charge in [0.05, 0.1) is 12.7 Å². The molecule has 0 bridgehead atoms. The Morgan fingerprint density at radius 2 is 1.82 bits per heavy atom. The molecule has 0 unspecified atom stereocenters. The molecule has 2 rings (SSSR count). The van der Waals surface area contributed by atoms with E-state index in [9.17, 15) is 0 Å². The molecule has 17 heavy (non-hydrogen) atoms. The van der Waals surface area contributed by atoms with Crippen molar-refractivity contribution in [2.45, 2.75) is 45.1 Å². The zero-order valence-corrected chi connectivity index (χ0v) is 10.7. The molecule has 1 saturated carbocycles. The summed E-state index contributed by atoms with van der Waals surface area (Å²) < 4.78 is 5.84. The van der Waals surface area contributed by atoms with Crippen molar-refractivity contribution < 1.29 is 4.74 Å². The van der Waals surface area contributed by atoms with Crippen LogP contribution >= 0.6 is 0 Å². The first-order chi connectivity index (χ1) is 8.34. The Balaban J connectivity index is 1.72. The number of ether oxygens (including phenoxy) is 1. The van der Waals surface area contributed by atoms with Crippen LogP contribution in [0.3, 0.4) is 0 Å². The highest BCUT2D eigenvalue weighted by atomic mass is 16.5. The van der Waals surface area contributed by atoms with Crippen molar-refractivity contribution in [1.29, 1.82) is 0 Å². The van der Waals surface area contributed by atoms with Gasteiger partial charge in [-0.1, -0.05) is 61.2 Å². The van der Waals surface area contributed by atoms with E-state index in [1.165, 1.54) is 43.2 Å². The summed E-state index contributed by atoms with van der Waals surface area (Å²) in [5.41, 5.74) is 2.56. The van der Waals surface area contributed by atoms with Crippen LogP contribution in [0.2, 0.25) is 0 Å². The summed E-state index contributed by atoms with van der Waals surface area (Å²) in [6.07, 6.45) is 11.3. The minimum Gasteiger partial charge on any atom is -0.374 e. The molecule has 1 heteroatoms. The van der Waals surface area contributed by atoms with E-state index in [1.807, 2.05) is 0 Å². The van der Waals surface area contributed by atoms with E-state index in [-0.39, 0.29) is 0 Å². The van der Waals surface area contributed by atoms with Crippen molar-refractivity contribution in [3.05, 3.63) is 41.5 Å². The van der Waals surface area contributed by atoms with Gasteiger partial charge < -0.3 is 4.74 Å². The molecule has 0 N–H and O–H groups in total. The highest BCUT2D eigenvalue weighted by Crippen LogP contribution is 2.20. The van der Waals surface area contributed by atoms with Crippen molar-refractivity contribution in [3.8, 4) is 0 Å². The quantitative estimate of drug-likeness (QED) is 0.747. The summed E-state index contributed by atoms with van der Waals surface area (Å²) in [4.78, 5) is 0. The van der Waals surface area contributed by atoms with Gasteiger partial charge in [0.25, 0.3) is 0 Å². The lowest BCUT2D eigenvalue weighted by atomic mass is 9.98. The van der Waals surface area contributed by atoms with Gasteiger partial charge in [-0.15, -0.1) is 0 Å². The number of aryl methyl sites for hydroxylation is 1. The third-order valence-electron chi connectivity index (χ3n) is 3.37. The molecule has 1 aliphatic carbocycles. The third kappa shape index (κ3) is 4.35. The molecule has 92 valence electrons. The van der Waals surface area contributed by atoms with Gasteiger partial charge in [0.15, 0.2) is 0 Å². The van der Waals surface area contributed by atoms with Gasteiger partial charge >= 0.3 is 0 Å². The zero-order valence-electron chi connectivity index (χ0n) is 10.7. The van der Waals surface area contributed by atoms with Crippen molar-refractivity contribution in [2.24, 2.45) is 0 Å². The lowest BCUT2D eigenvalue weighted by Gasteiger charge is -2.21. The molecular formula is C16H22O. The Labute approximate surface area is 104 Å². The molecule has 1 aromatic rings. The maximum atomic E-state index is 5.84. The standard InChI is InChI=1S/C16H22O/c1-14-9-11-15(12-10-14)6-5-13-17-16-7-3-2-4-8-16/h5-6,9-12,16H,2-4,7-8,13H2,1H3/b6-5+. The third-order valence-corrected chi connectivity index (χ3v) is 3.37. The largest absolute Gasteiger partial charge is 0.374 e. The van der Waals surface area contributed by atoms with Gasteiger partial charge in [-0.25, -0.2) is 0 Å². The minimum absolute atomic E-state index is 0.506. The molecule has 0 saturated heterocycles. The number of hydrogen-bond donors (Lipinski definition) is 0. The Morgan fingerprint density at radius 3 is 2.53 bits per heavy atom. The fourth-order valence-corrected chi connectivity index (χ4v) is 2.29. The smallest absolute Gasteiger partial charge is 0.0654 e. The van der Waals surface area contributed by atoms with E-state index in [0.717, 1.165) is 6.61 Å². The maximum absolute atomic E-state index is 5.84. The first-order valence-corrected chi connectivity index (χ1v) is 6.69. The molecule has 0 aliphatic heterocycles. The second-order valence-electron chi connectivity index (χ2n) is 4.91. The Bertz CT molecular complexity index is 344. The lowest BCUT2D eigenvalue weighted by molar-refractivity contribution is 0.0468. The summed E-state index contributed by atoms with van der Waals surface area (Å²) in [6, 6.07) is 8.57. The molecular weight excluding hydrogens is 208 g/mol. The fraction of sp³-hybridized carbons (Fsp3) is 0.500. The average molecular weight is 230 g/mol. The molecule has 0 spiro atoms. The van der Waals surface area contributed by atoms with Gasteiger partial charge in [-0.05, 0) is 25.3 Å². The molecule has 1 fully saturated rings. The minimum atomic E-state index is 0.506. The highest BCUT2D eigenvalue weighted by molar-refractivity contribution is 5.49. The van der Waals surface area contributed by atoms with E-state index in [2.05, 4.69) is 43.3 Å². The van der Waals surface area contributed by atoms with Crippen LogP contribution in [0.1, 0.15) is 43.2 Å². The first kappa shape index (κ1) is 12.4. The Hall–Kier alpha value is -1.08. The Kier molecular flexibility index (Phi) is 4.81. The molecule has 0 heterocycles. The molecule has 0 atom stereocenters. The molecule has 0 amide bonds. The van der Waals surface area contributed by atoms with Gasteiger partial charge in [0, 0.05) is 0 Å². The maximum Gasteiger partial charge on any atom is 0.0654 e. The van der Waals surface area contributed by atoms with Crippen LogP contribution in [0.4, 0.5) is 0 Å². The topological polar surface area (TPSA) is 9.23 Å².